The zero-order valence-corrected chi connectivity index (χ0v) is 13.2. The van der Waals surface area contributed by atoms with Gasteiger partial charge in [0.05, 0.1) is 19.8 Å². The Morgan fingerprint density at radius 2 is 1.92 bits per heavy atom. The van der Waals surface area contributed by atoms with E-state index in [9.17, 15) is 9.90 Å². The molecule has 0 heterocycles. The second-order valence-electron chi connectivity index (χ2n) is 5.14. The predicted molar refractivity (Wildman–Crippen MR) is 90.3 cm³/mol. The van der Waals surface area contributed by atoms with Crippen LogP contribution >= 0.6 is 0 Å². The Kier molecular flexibility index (Phi) is 6.19. The maximum atomic E-state index is 12.2. The van der Waals surface area contributed by atoms with Crippen LogP contribution in [0.1, 0.15) is 15.9 Å². The number of azide groups is 1. The molecule has 2 rings (SSSR count). The molecular formula is C17H18N4O3. The van der Waals surface area contributed by atoms with Gasteiger partial charge in [-0.15, -0.1) is 0 Å². The first-order valence-corrected chi connectivity index (χ1v) is 7.36. The molecule has 0 aliphatic carbocycles. The van der Waals surface area contributed by atoms with Gasteiger partial charge in [0.25, 0.3) is 5.91 Å². The highest BCUT2D eigenvalue weighted by molar-refractivity contribution is 5.94. The summed E-state index contributed by atoms with van der Waals surface area (Å²) in [6.07, 6.45) is 0.503. The van der Waals surface area contributed by atoms with E-state index in [1.165, 1.54) is 0 Å². The number of hydrogen-bond donors (Lipinski definition) is 2. The van der Waals surface area contributed by atoms with Gasteiger partial charge in [0.2, 0.25) is 0 Å². The number of methoxy groups -OCH3 is 1. The molecule has 0 aromatic heterocycles. The maximum Gasteiger partial charge on any atom is 0.251 e. The molecule has 0 unspecified atom stereocenters. The molecule has 0 bridgehead atoms. The van der Waals surface area contributed by atoms with E-state index in [4.69, 9.17) is 10.3 Å². The summed E-state index contributed by atoms with van der Waals surface area (Å²) in [4.78, 5) is 14.9. The van der Waals surface area contributed by atoms with Gasteiger partial charge in [0.15, 0.2) is 0 Å². The molecule has 1 atom stereocenters. The highest BCUT2D eigenvalue weighted by Gasteiger charge is 2.13. The molecule has 124 valence electrons. The normalized spacial score (nSPS) is 11.2. The smallest absolute Gasteiger partial charge is 0.251 e. The van der Waals surface area contributed by atoms with Gasteiger partial charge in [0.1, 0.15) is 5.75 Å². The van der Waals surface area contributed by atoms with Crippen LogP contribution in [0.2, 0.25) is 0 Å². The van der Waals surface area contributed by atoms with Gasteiger partial charge in [-0.3, -0.25) is 4.79 Å². The topological polar surface area (TPSA) is 107 Å². The first-order chi connectivity index (χ1) is 11.7. The molecule has 24 heavy (non-hydrogen) atoms. The quantitative estimate of drug-likeness (QED) is 0.464. The molecule has 0 aliphatic rings. The van der Waals surface area contributed by atoms with Crippen LogP contribution in [0.4, 0.5) is 5.69 Å². The average molecular weight is 326 g/mol. The Morgan fingerprint density at radius 1 is 1.25 bits per heavy atom. The highest BCUT2D eigenvalue weighted by Crippen LogP contribution is 2.14. The first kappa shape index (κ1) is 17.3. The molecule has 0 spiro atoms. The van der Waals surface area contributed by atoms with Crippen LogP contribution in [0.5, 0.6) is 5.75 Å². The number of aliphatic hydroxyl groups is 1. The van der Waals surface area contributed by atoms with Crippen LogP contribution in [0.3, 0.4) is 0 Å². The van der Waals surface area contributed by atoms with Gasteiger partial charge < -0.3 is 15.2 Å². The Hall–Kier alpha value is -3.02. The number of amides is 1. The van der Waals surface area contributed by atoms with Crippen LogP contribution < -0.4 is 10.1 Å². The average Bonchev–Trinajstić information content (AvgIpc) is 2.62. The third-order valence-corrected chi connectivity index (χ3v) is 3.49. The van der Waals surface area contributed by atoms with Gasteiger partial charge in [-0.05, 0) is 41.8 Å². The molecule has 2 aromatic carbocycles. The number of carbonyl (C=O) groups excluding carboxylic acids is 1. The highest BCUT2D eigenvalue weighted by atomic mass is 16.5. The summed E-state index contributed by atoms with van der Waals surface area (Å²) in [7, 11) is 1.60. The molecular weight excluding hydrogens is 308 g/mol. The van der Waals surface area contributed by atoms with Crippen LogP contribution in [-0.4, -0.2) is 30.8 Å². The van der Waals surface area contributed by atoms with Crippen molar-refractivity contribution in [1.29, 1.82) is 0 Å². The van der Waals surface area contributed by atoms with Crippen molar-refractivity contribution >= 4 is 11.6 Å². The van der Waals surface area contributed by atoms with Gasteiger partial charge in [0, 0.05) is 16.2 Å². The van der Waals surface area contributed by atoms with Crippen molar-refractivity contribution in [3.05, 3.63) is 70.1 Å². The molecule has 0 fully saturated rings. The number of nitrogens with one attached hydrogen (secondary N) is 1. The SMILES string of the molecule is COc1ccc(C[C@@H](CO)NC(=O)c2ccc(N=[N+]=[N-])cc2)cc1. The molecule has 0 saturated heterocycles. The van der Waals surface area contributed by atoms with Crippen molar-refractivity contribution in [3.63, 3.8) is 0 Å². The van der Waals surface area contributed by atoms with Gasteiger partial charge in [-0.25, -0.2) is 0 Å². The summed E-state index contributed by atoms with van der Waals surface area (Å²) in [6, 6.07) is 13.3. The summed E-state index contributed by atoms with van der Waals surface area (Å²) < 4.78 is 5.10. The van der Waals surface area contributed by atoms with E-state index in [0.717, 1.165) is 11.3 Å². The second-order valence-corrected chi connectivity index (χ2v) is 5.14. The van der Waals surface area contributed by atoms with Gasteiger partial charge in [-0.2, -0.15) is 0 Å². The number of nitrogens with zero attached hydrogens (tertiary/aromatic N) is 3. The molecule has 0 saturated carbocycles. The zero-order chi connectivity index (χ0) is 17.4. The fraction of sp³-hybridized carbons (Fsp3) is 0.235. The number of aliphatic hydroxyl groups excluding tert-OH is 1. The van der Waals surface area contributed by atoms with E-state index in [0.29, 0.717) is 17.7 Å². The Bertz CT molecular complexity index is 723. The van der Waals surface area contributed by atoms with E-state index in [2.05, 4.69) is 15.3 Å². The lowest BCUT2D eigenvalue weighted by Gasteiger charge is -2.16. The number of benzene rings is 2. The summed E-state index contributed by atoms with van der Waals surface area (Å²) in [5.74, 6) is 0.457. The molecule has 0 radical (unpaired) electrons. The van der Waals surface area contributed by atoms with E-state index >= 15 is 0 Å². The van der Waals surface area contributed by atoms with Crippen molar-refractivity contribution in [1.82, 2.24) is 5.32 Å². The summed E-state index contributed by atoms with van der Waals surface area (Å²) in [6.45, 7) is -0.172. The zero-order valence-electron chi connectivity index (χ0n) is 13.2. The molecule has 1 amide bonds. The molecule has 7 nitrogen and oxygen atoms in total. The lowest BCUT2D eigenvalue weighted by atomic mass is 10.1. The summed E-state index contributed by atoms with van der Waals surface area (Å²) in [5, 5.41) is 15.7. The lowest BCUT2D eigenvalue weighted by Crippen LogP contribution is -2.39. The standard InChI is InChI=1S/C17H18N4O3/c1-24-16-8-2-12(3-9-16)10-15(11-22)19-17(23)13-4-6-14(7-5-13)20-21-18/h2-9,15,22H,10-11H2,1H3,(H,19,23)/t15-/m0/s1. The lowest BCUT2D eigenvalue weighted by molar-refractivity contribution is 0.0916. The number of hydrogen-bond acceptors (Lipinski definition) is 4. The minimum absolute atomic E-state index is 0.172. The predicted octanol–water partition coefficient (Wildman–Crippen LogP) is 2.97. The van der Waals surface area contributed by atoms with E-state index in [1.807, 2.05) is 24.3 Å². The molecule has 2 aromatic rings. The van der Waals surface area contributed by atoms with Gasteiger partial charge in [-0.1, -0.05) is 29.4 Å². The van der Waals surface area contributed by atoms with Crippen molar-refractivity contribution in [2.24, 2.45) is 5.11 Å². The monoisotopic (exact) mass is 326 g/mol. The van der Waals surface area contributed by atoms with Crippen molar-refractivity contribution in [2.75, 3.05) is 13.7 Å². The fourth-order valence-corrected chi connectivity index (χ4v) is 2.21. The summed E-state index contributed by atoms with van der Waals surface area (Å²) in [5.41, 5.74) is 10.2. The Balaban J connectivity index is 2.00. The third kappa shape index (κ3) is 4.74. The van der Waals surface area contributed by atoms with E-state index in [1.54, 1.807) is 31.4 Å². The van der Waals surface area contributed by atoms with E-state index in [-0.39, 0.29) is 12.5 Å². The van der Waals surface area contributed by atoms with Gasteiger partial charge >= 0.3 is 0 Å². The van der Waals surface area contributed by atoms with Crippen molar-refractivity contribution in [3.8, 4) is 5.75 Å². The van der Waals surface area contributed by atoms with Crippen LogP contribution in [-0.2, 0) is 6.42 Å². The molecule has 2 N–H and O–H groups in total. The minimum atomic E-state index is -0.400. The number of carbonyl (C=O) groups is 1. The van der Waals surface area contributed by atoms with Crippen LogP contribution in [0, 0.1) is 0 Å². The minimum Gasteiger partial charge on any atom is -0.497 e. The second kappa shape index (κ2) is 8.57. The fourth-order valence-electron chi connectivity index (χ4n) is 2.21. The first-order valence-electron chi connectivity index (χ1n) is 7.36. The van der Waals surface area contributed by atoms with Crippen LogP contribution in [0.25, 0.3) is 10.4 Å². The third-order valence-electron chi connectivity index (χ3n) is 3.49. The number of ether oxygens (including phenoxy) is 1. The van der Waals surface area contributed by atoms with Crippen molar-refractivity contribution in [2.45, 2.75) is 12.5 Å². The Morgan fingerprint density at radius 3 is 2.46 bits per heavy atom. The number of rotatable bonds is 7. The molecule has 7 heteroatoms. The van der Waals surface area contributed by atoms with E-state index < -0.39 is 6.04 Å². The largest absolute Gasteiger partial charge is 0.497 e. The Labute approximate surface area is 139 Å². The van der Waals surface area contributed by atoms with Crippen LogP contribution in [0.15, 0.2) is 53.6 Å². The molecule has 0 aliphatic heterocycles. The summed E-state index contributed by atoms with van der Waals surface area (Å²) >= 11 is 0. The van der Waals surface area contributed by atoms with Crippen molar-refractivity contribution < 1.29 is 14.6 Å². The maximum absolute atomic E-state index is 12.2.